The van der Waals surface area contributed by atoms with E-state index < -0.39 is 19.7 Å². The number of hydrogen-bond donors (Lipinski definition) is 2. The molecular weight excluding hydrogens is 633 g/mol. The van der Waals surface area contributed by atoms with Crippen molar-refractivity contribution in [1.29, 1.82) is 0 Å². The van der Waals surface area contributed by atoms with Crippen molar-refractivity contribution in [2.24, 2.45) is 0 Å². The van der Waals surface area contributed by atoms with Crippen molar-refractivity contribution in [1.82, 2.24) is 0 Å². The summed E-state index contributed by atoms with van der Waals surface area (Å²) in [5.74, 6) is 2.12. The Kier molecular flexibility index (Phi) is 8.46. The van der Waals surface area contributed by atoms with Gasteiger partial charge in [0.1, 0.15) is 23.0 Å². The molecule has 10 heteroatoms. The van der Waals surface area contributed by atoms with Crippen LogP contribution in [0.5, 0.6) is 23.0 Å². The molecule has 0 bridgehead atoms. The molecule has 0 unspecified atom stereocenters. The van der Waals surface area contributed by atoms with Crippen LogP contribution >= 0.6 is 0 Å². The van der Waals surface area contributed by atoms with E-state index in [-0.39, 0.29) is 19.6 Å². The second kappa shape index (κ2) is 12.7. The lowest BCUT2D eigenvalue weighted by molar-refractivity contribution is 0.481. The molecule has 0 spiro atoms. The molecule has 0 aliphatic carbocycles. The number of hydrogen-bond acceptors (Lipinski definition) is 8. The minimum atomic E-state index is -3.79. The number of aryl methyl sites for hydroxylation is 1. The number of nitrogen functional groups attached to an aromatic ring is 2. The van der Waals surface area contributed by atoms with Crippen LogP contribution < -0.4 is 20.9 Å². The average molecular weight is 663 g/mol. The van der Waals surface area contributed by atoms with Crippen LogP contribution in [0.25, 0.3) is 11.1 Å². The number of benzene rings is 6. The van der Waals surface area contributed by atoms with Crippen LogP contribution in [0.4, 0.5) is 11.4 Å². The summed E-state index contributed by atoms with van der Waals surface area (Å²) in [4.78, 5) is 0.514. The van der Waals surface area contributed by atoms with Crippen LogP contribution in [-0.2, 0) is 19.7 Å². The molecule has 0 saturated heterocycles. The Hall–Kier alpha value is -5.58. The summed E-state index contributed by atoms with van der Waals surface area (Å²) in [6, 6.07) is 37.5. The molecule has 236 valence electrons. The highest BCUT2D eigenvalue weighted by Gasteiger charge is 2.20. The Bertz CT molecular complexity index is 2270. The minimum absolute atomic E-state index is 0.125. The van der Waals surface area contributed by atoms with Crippen molar-refractivity contribution in [3.8, 4) is 34.1 Å². The van der Waals surface area contributed by atoms with Crippen LogP contribution in [-0.4, -0.2) is 16.8 Å². The highest BCUT2D eigenvalue weighted by atomic mass is 32.2. The van der Waals surface area contributed by atoms with E-state index in [4.69, 9.17) is 20.9 Å². The zero-order valence-corrected chi connectivity index (χ0v) is 26.8. The number of rotatable bonds is 9. The predicted molar refractivity (Wildman–Crippen MR) is 182 cm³/mol. The number of nitrogens with two attached hydrogens (primary N) is 2. The fourth-order valence-electron chi connectivity index (χ4n) is 4.86. The second-order valence-electron chi connectivity index (χ2n) is 10.8. The molecule has 0 radical (unpaired) electrons. The van der Waals surface area contributed by atoms with Crippen molar-refractivity contribution in [3.05, 3.63) is 145 Å². The summed E-state index contributed by atoms with van der Waals surface area (Å²) in [6.45, 7) is 1.88. The molecule has 0 aliphatic heterocycles. The maximum atomic E-state index is 13.3. The fraction of sp³-hybridized carbons (Fsp3) is 0.0270. The molecule has 6 aromatic rings. The van der Waals surface area contributed by atoms with Gasteiger partial charge in [0.05, 0.1) is 19.6 Å². The van der Waals surface area contributed by atoms with Crippen molar-refractivity contribution in [2.45, 2.75) is 26.5 Å². The smallest absolute Gasteiger partial charge is 0.206 e. The number of sulfone groups is 2. The predicted octanol–water partition coefficient (Wildman–Crippen LogP) is 8.08. The van der Waals surface area contributed by atoms with Gasteiger partial charge in [-0.05, 0) is 127 Å². The van der Waals surface area contributed by atoms with E-state index in [0.717, 1.165) is 16.7 Å². The van der Waals surface area contributed by atoms with Crippen LogP contribution in [0.2, 0.25) is 0 Å². The van der Waals surface area contributed by atoms with Crippen LogP contribution in [0.3, 0.4) is 0 Å². The van der Waals surface area contributed by atoms with Gasteiger partial charge in [0.25, 0.3) is 0 Å². The van der Waals surface area contributed by atoms with Gasteiger partial charge < -0.3 is 20.9 Å². The van der Waals surface area contributed by atoms with Gasteiger partial charge in [0.2, 0.25) is 19.7 Å². The van der Waals surface area contributed by atoms with Crippen LogP contribution in [0.1, 0.15) is 5.56 Å². The topological polar surface area (TPSA) is 139 Å². The molecule has 0 amide bonds. The molecule has 0 atom stereocenters. The first kappa shape index (κ1) is 31.4. The van der Waals surface area contributed by atoms with Crippen molar-refractivity contribution in [2.75, 3.05) is 11.5 Å². The minimum Gasteiger partial charge on any atom is -0.457 e. The van der Waals surface area contributed by atoms with Crippen molar-refractivity contribution >= 4 is 31.0 Å². The fourth-order valence-corrected chi connectivity index (χ4v) is 7.38. The molecule has 6 aromatic carbocycles. The van der Waals surface area contributed by atoms with Crippen LogP contribution in [0.15, 0.2) is 159 Å². The van der Waals surface area contributed by atoms with Gasteiger partial charge in [-0.3, -0.25) is 0 Å². The van der Waals surface area contributed by atoms with E-state index in [0.29, 0.717) is 34.4 Å². The molecule has 0 aromatic heterocycles. The first-order chi connectivity index (χ1) is 22.5. The quantitative estimate of drug-likeness (QED) is 0.148. The summed E-state index contributed by atoms with van der Waals surface area (Å²) < 4.78 is 64.8. The lowest BCUT2D eigenvalue weighted by Gasteiger charge is -2.10. The Morgan fingerprint density at radius 2 is 0.830 bits per heavy atom. The third kappa shape index (κ3) is 6.84. The molecule has 0 fully saturated rings. The Balaban J connectivity index is 1.13. The lowest BCUT2D eigenvalue weighted by atomic mass is 10.1. The summed E-state index contributed by atoms with van der Waals surface area (Å²) >= 11 is 0. The largest absolute Gasteiger partial charge is 0.457 e. The van der Waals surface area contributed by atoms with Gasteiger partial charge in [-0.15, -0.1) is 0 Å². The molecular formula is C37H30N2O6S2. The molecule has 6 rings (SSSR count). The van der Waals surface area contributed by atoms with Crippen molar-refractivity contribution in [3.63, 3.8) is 0 Å². The summed E-state index contributed by atoms with van der Waals surface area (Å²) in [7, 11) is -7.57. The van der Waals surface area contributed by atoms with E-state index in [2.05, 4.69) is 0 Å². The normalized spacial score (nSPS) is 11.6. The average Bonchev–Trinajstić information content (AvgIpc) is 3.07. The molecule has 0 aliphatic rings. The molecule has 0 saturated carbocycles. The Morgan fingerprint density at radius 3 is 1.23 bits per heavy atom. The van der Waals surface area contributed by atoms with Gasteiger partial charge >= 0.3 is 0 Å². The van der Waals surface area contributed by atoms with Gasteiger partial charge in [-0.1, -0.05) is 30.3 Å². The number of anilines is 2. The standard InChI is InChI=1S/C37H30N2O6S2/c1-25-23-32(13-22-37(25)39)45-30-11-20-36(21-12-30)47(42,43)34-16-7-27(8-17-34)26-5-14-33(15-6-26)46(40,41)35-18-9-29(10-19-35)44-31-4-2-3-28(38)24-31/h2-24H,38-39H2,1H3. The molecule has 4 N–H and O–H groups in total. The zero-order chi connectivity index (χ0) is 33.2. The first-order valence-electron chi connectivity index (χ1n) is 14.5. The van der Waals surface area contributed by atoms with Gasteiger partial charge in [0, 0.05) is 17.4 Å². The molecule has 8 nitrogen and oxygen atoms in total. The number of ether oxygens (including phenoxy) is 2. The molecule has 0 heterocycles. The zero-order valence-electron chi connectivity index (χ0n) is 25.2. The maximum absolute atomic E-state index is 13.3. The molecule has 47 heavy (non-hydrogen) atoms. The van der Waals surface area contributed by atoms with Crippen molar-refractivity contribution < 1.29 is 26.3 Å². The van der Waals surface area contributed by atoms with E-state index >= 15 is 0 Å². The van der Waals surface area contributed by atoms with Gasteiger partial charge in [-0.25, -0.2) is 16.8 Å². The SMILES string of the molecule is Cc1cc(Oc2ccc(S(=O)(=O)c3ccc(-c4ccc(S(=O)(=O)c5ccc(Oc6cccc(N)c6)cc5)cc4)cc3)cc2)ccc1N. The van der Waals surface area contributed by atoms with E-state index in [9.17, 15) is 16.8 Å². The van der Waals surface area contributed by atoms with E-state index in [1.807, 2.05) is 13.0 Å². The van der Waals surface area contributed by atoms with Gasteiger partial charge in [0.15, 0.2) is 0 Å². The summed E-state index contributed by atoms with van der Waals surface area (Å²) in [5.41, 5.74) is 15.2. The first-order valence-corrected chi connectivity index (χ1v) is 17.4. The lowest BCUT2D eigenvalue weighted by Crippen LogP contribution is -2.02. The third-order valence-electron chi connectivity index (χ3n) is 7.50. The highest BCUT2D eigenvalue weighted by Crippen LogP contribution is 2.31. The van der Waals surface area contributed by atoms with Crippen LogP contribution in [0, 0.1) is 6.92 Å². The Morgan fingerprint density at radius 1 is 0.447 bits per heavy atom. The van der Waals surface area contributed by atoms with E-state index in [1.54, 1.807) is 84.9 Å². The van der Waals surface area contributed by atoms with E-state index in [1.165, 1.54) is 48.5 Å². The second-order valence-corrected chi connectivity index (χ2v) is 14.7. The monoisotopic (exact) mass is 662 g/mol. The summed E-state index contributed by atoms with van der Waals surface area (Å²) in [6.07, 6.45) is 0. The Labute approximate surface area is 273 Å². The third-order valence-corrected chi connectivity index (χ3v) is 11.1. The van der Waals surface area contributed by atoms with Gasteiger partial charge in [-0.2, -0.15) is 0 Å². The summed E-state index contributed by atoms with van der Waals surface area (Å²) in [5, 5.41) is 0. The maximum Gasteiger partial charge on any atom is 0.206 e. The highest BCUT2D eigenvalue weighted by molar-refractivity contribution is 7.91.